The fraction of sp³-hybridized carbons (Fsp3) is 0.276. The summed E-state index contributed by atoms with van der Waals surface area (Å²) in [5.74, 6) is 1.59. The average Bonchev–Trinajstić information content (AvgIpc) is 3.53. The molecule has 0 radical (unpaired) electrons. The summed E-state index contributed by atoms with van der Waals surface area (Å²) in [5.41, 5.74) is 6.45. The van der Waals surface area contributed by atoms with Gasteiger partial charge in [0.05, 0.1) is 48.7 Å². The van der Waals surface area contributed by atoms with E-state index < -0.39 is 7.14 Å². The first-order valence-electron chi connectivity index (χ1n) is 13.5. The lowest BCUT2D eigenvalue weighted by molar-refractivity contribution is 0.122. The molecule has 1 fully saturated rings. The highest BCUT2D eigenvalue weighted by Gasteiger charge is 2.23. The molecule has 6 rings (SSSR count). The van der Waals surface area contributed by atoms with Crippen LogP contribution in [0.5, 0.6) is 5.75 Å². The lowest BCUT2D eigenvalue weighted by Gasteiger charge is -2.31. The van der Waals surface area contributed by atoms with E-state index in [1.807, 2.05) is 37.4 Å². The number of rotatable bonds is 8. The molecule has 0 atom stereocenters. The number of nitrogens with zero attached hydrogens (tertiary/aromatic N) is 6. The summed E-state index contributed by atoms with van der Waals surface area (Å²) in [5, 5.41) is 14.4. The molecule has 216 valence electrons. The Morgan fingerprint density at radius 1 is 1.02 bits per heavy atom. The number of ether oxygens (including phenoxy) is 2. The number of methoxy groups -OCH3 is 1. The SMILES string of the molecule is COc1cc(N2CCOCC2)c(-c2cn[nH]c2)cc1Nc1ncc(C)c(Nc2ccc3nccnc3c2P(C)(C)=O)n1. The molecule has 0 aliphatic carbocycles. The Morgan fingerprint density at radius 2 is 1.83 bits per heavy atom. The van der Waals surface area contributed by atoms with Gasteiger partial charge in [-0.05, 0) is 38.5 Å². The molecule has 12 nitrogen and oxygen atoms in total. The largest absolute Gasteiger partial charge is 0.494 e. The van der Waals surface area contributed by atoms with Gasteiger partial charge in [-0.25, -0.2) is 4.98 Å². The Hall–Kier alpha value is -4.54. The van der Waals surface area contributed by atoms with Crippen LogP contribution in [0.3, 0.4) is 0 Å². The summed E-state index contributed by atoms with van der Waals surface area (Å²) in [4.78, 5) is 20.5. The van der Waals surface area contributed by atoms with Crippen molar-refractivity contribution in [1.82, 2.24) is 30.1 Å². The lowest BCUT2D eigenvalue weighted by atomic mass is 10.0. The number of aryl methyl sites for hydroxylation is 1. The molecular formula is C29H32N9O3P. The van der Waals surface area contributed by atoms with Crippen molar-refractivity contribution in [3.63, 3.8) is 0 Å². The molecule has 0 spiro atoms. The summed E-state index contributed by atoms with van der Waals surface area (Å²) in [6.45, 7) is 8.26. The number of morpholine rings is 1. The highest BCUT2D eigenvalue weighted by molar-refractivity contribution is 7.71. The van der Waals surface area contributed by atoms with Crippen molar-refractivity contribution in [2.24, 2.45) is 0 Å². The number of hydrogen-bond donors (Lipinski definition) is 3. The molecule has 1 aliphatic heterocycles. The number of anilines is 5. The van der Waals surface area contributed by atoms with Crippen LogP contribution in [-0.4, -0.2) is 76.9 Å². The van der Waals surface area contributed by atoms with Crippen LogP contribution in [0.1, 0.15) is 5.56 Å². The van der Waals surface area contributed by atoms with E-state index in [-0.39, 0.29) is 0 Å². The number of aromatic amines is 1. The molecule has 13 heteroatoms. The third-order valence-electron chi connectivity index (χ3n) is 7.10. The number of hydrogen-bond acceptors (Lipinski definition) is 11. The molecule has 0 bridgehead atoms. The summed E-state index contributed by atoms with van der Waals surface area (Å²) in [7, 11) is -1.10. The lowest BCUT2D eigenvalue weighted by Crippen LogP contribution is -2.36. The first kappa shape index (κ1) is 27.6. The second-order valence-corrected chi connectivity index (χ2v) is 13.5. The van der Waals surface area contributed by atoms with Gasteiger partial charge in [0.1, 0.15) is 24.2 Å². The molecule has 0 unspecified atom stereocenters. The van der Waals surface area contributed by atoms with Crippen molar-refractivity contribution in [3.8, 4) is 16.9 Å². The summed E-state index contributed by atoms with van der Waals surface area (Å²) >= 11 is 0. The summed E-state index contributed by atoms with van der Waals surface area (Å²) < 4.78 is 24.8. The van der Waals surface area contributed by atoms with E-state index >= 15 is 0 Å². The van der Waals surface area contributed by atoms with Gasteiger partial charge in [-0.15, -0.1) is 0 Å². The molecule has 3 N–H and O–H groups in total. The maximum absolute atomic E-state index is 13.4. The standard InChI is InChI=1S/C29H32N9O3P/c1-18-15-32-29(37-28(18)35-22-6-5-21-26(31-8-7-30-21)27(22)42(3,4)39)36-23-13-20(19-16-33-34-17-19)24(14-25(23)40-2)38-9-11-41-12-10-38/h5-8,13-17H,9-12H2,1-4H3,(H,33,34)(H2,32,35,36,37). The zero-order chi connectivity index (χ0) is 29.3. The van der Waals surface area contributed by atoms with Crippen LogP contribution in [0.4, 0.5) is 28.8 Å². The Labute approximate surface area is 243 Å². The van der Waals surface area contributed by atoms with Crippen molar-refractivity contribution in [2.75, 3.05) is 62.3 Å². The second-order valence-electron chi connectivity index (χ2n) is 10.4. The Balaban J connectivity index is 1.37. The molecule has 1 aliphatic rings. The normalized spacial score (nSPS) is 13.8. The third kappa shape index (κ3) is 5.50. The molecule has 5 aromatic rings. The minimum absolute atomic E-state index is 0.372. The maximum Gasteiger partial charge on any atom is 0.229 e. The van der Waals surface area contributed by atoms with E-state index in [0.717, 1.165) is 35.5 Å². The van der Waals surface area contributed by atoms with Gasteiger partial charge in [0.15, 0.2) is 0 Å². The molecule has 3 aromatic heterocycles. The van der Waals surface area contributed by atoms with Gasteiger partial charge in [-0.3, -0.25) is 15.1 Å². The average molecular weight is 586 g/mol. The quantitative estimate of drug-likeness (QED) is 0.218. The highest BCUT2D eigenvalue weighted by atomic mass is 31.2. The van der Waals surface area contributed by atoms with E-state index in [1.54, 1.807) is 45.2 Å². The van der Waals surface area contributed by atoms with Crippen molar-refractivity contribution >= 4 is 52.3 Å². The van der Waals surface area contributed by atoms with Crippen molar-refractivity contribution in [3.05, 3.63) is 60.8 Å². The Bertz CT molecular complexity index is 1780. The van der Waals surface area contributed by atoms with Crippen LogP contribution in [0, 0.1) is 6.92 Å². The van der Waals surface area contributed by atoms with Gasteiger partial charge in [0, 0.05) is 66.3 Å². The number of benzene rings is 2. The van der Waals surface area contributed by atoms with Crippen molar-refractivity contribution in [2.45, 2.75) is 6.92 Å². The predicted octanol–water partition coefficient (Wildman–Crippen LogP) is 4.70. The van der Waals surface area contributed by atoms with Crippen LogP contribution in [-0.2, 0) is 9.30 Å². The first-order valence-corrected chi connectivity index (χ1v) is 16.1. The molecule has 42 heavy (non-hydrogen) atoms. The van der Waals surface area contributed by atoms with Gasteiger partial charge < -0.3 is 29.6 Å². The van der Waals surface area contributed by atoms with Gasteiger partial charge in [0.2, 0.25) is 5.95 Å². The van der Waals surface area contributed by atoms with Gasteiger partial charge in [-0.1, -0.05) is 0 Å². The smallest absolute Gasteiger partial charge is 0.229 e. The summed E-state index contributed by atoms with van der Waals surface area (Å²) in [6.07, 6.45) is 8.64. The molecular weight excluding hydrogens is 553 g/mol. The van der Waals surface area contributed by atoms with Crippen LogP contribution in [0.2, 0.25) is 0 Å². The third-order valence-corrected chi connectivity index (χ3v) is 8.63. The topological polar surface area (TPSA) is 143 Å². The summed E-state index contributed by atoms with van der Waals surface area (Å²) in [6, 6.07) is 7.77. The fourth-order valence-corrected chi connectivity index (χ4v) is 6.47. The van der Waals surface area contributed by atoms with Crippen LogP contribution < -0.4 is 25.6 Å². The van der Waals surface area contributed by atoms with E-state index in [0.29, 0.717) is 58.4 Å². The highest BCUT2D eigenvalue weighted by Crippen LogP contribution is 2.42. The zero-order valence-corrected chi connectivity index (χ0v) is 24.8. The number of aromatic nitrogens is 6. The predicted molar refractivity (Wildman–Crippen MR) is 166 cm³/mol. The zero-order valence-electron chi connectivity index (χ0n) is 23.9. The second kappa shape index (κ2) is 11.4. The van der Waals surface area contributed by atoms with Gasteiger partial charge in [0.25, 0.3) is 0 Å². The van der Waals surface area contributed by atoms with Gasteiger partial charge >= 0.3 is 0 Å². The molecule has 2 aromatic carbocycles. The minimum Gasteiger partial charge on any atom is -0.494 e. The van der Waals surface area contributed by atoms with Crippen LogP contribution >= 0.6 is 7.14 Å². The Morgan fingerprint density at radius 3 is 2.57 bits per heavy atom. The van der Waals surface area contributed by atoms with E-state index in [4.69, 9.17) is 14.5 Å². The van der Waals surface area contributed by atoms with Crippen LogP contribution in [0.25, 0.3) is 22.2 Å². The van der Waals surface area contributed by atoms with E-state index in [2.05, 4.69) is 40.7 Å². The fourth-order valence-electron chi connectivity index (χ4n) is 5.08. The van der Waals surface area contributed by atoms with Crippen LogP contribution in [0.15, 0.2) is 55.2 Å². The Kier molecular flexibility index (Phi) is 7.49. The minimum atomic E-state index is -2.74. The first-order chi connectivity index (χ1) is 20.3. The molecule has 4 heterocycles. The number of H-pyrrole nitrogens is 1. The molecule has 0 amide bonds. The van der Waals surface area contributed by atoms with E-state index in [1.165, 1.54) is 0 Å². The molecule has 1 saturated heterocycles. The van der Waals surface area contributed by atoms with E-state index in [9.17, 15) is 4.57 Å². The van der Waals surface area contributed by atoms with Gasteiger partial charge in [-0.2, -0.15) is 10.1 Å². The van der Waals surface area contributed by atoms with Crippen molar-refractivity contribution < 1.29 is 14.0 Å². The number of fused-ring (bicyclic) bond motifs is 1. The molecule has 0 saturated carbocycles. The maximum atomic E-state index is 13.4. The number of nitrogens with one attached hydrogen (secondary N) is 3. The van der Waals surface area contributed by atoms with Crippen molar-refractivity contribution in [1.29, 1.82) is 0 Å². The monoisotopic (exact) mass is 585 g/mol.